The van der Waals surface area contributed by atoms with Crippen LogP contribution in [0.4, 0.5) is 0 Å². The van der Waals surface area contributed by atoms with Crippen LogP contribution < -0.4 is 5.32 Å². The van der Waals surface area contributed by atoms with Gasteiger partial charge in [0.25, 0.3) is 0 Å². The van der Waals surface area contributed by atoms with Crippen LogP contribution >= 0.6 is 11.8 Å². The van der Waals surface area contributed by atoms with Crippen molar-refractivity contribution in [2.45, 2.75) is 75.7 Å². The molecule has 8 nitrogen and oxygen atoms in total. The molecular weight excluding hydrogens is 408 g/mol. The molecule has 0 aromatic heterocycles. The minimum absolute atomic E-state index is 0.172. The van der Waals surface area contributed by atoms with Crippen molar-refractivity contribution in [3.8, 4) is 0 Å². The largest absolute Gasteiger partial charge is 0.465 e. The number of hydrogen-bond acceptors (Lipinski definition) is 8. The Hall–Kier alpha value is -1.32. The van der Waals surface area contributed by atoms with Crippen molar-refractivity contribution in [3.63, 3.8) is 0 Å². The fraction of sp³-hybridized carbons (Fsp3) is 0.857. The Morgan fingerprint density at radius 2 is 1.83 bits per heavy atom. The smallest absolute Gasteiger partial charge is 0.328 e. The Morgan fingerprint density at radius 3 is 2.50 bits per heavy atom. The summed E-state index contributed by atoms with van der Waals surface area (Å²) in [6, 6.07) is -1.73. The van der Waals surface area contributed by atoms with E-state index in [0.717, 1.165) is 6.42 Å². The van der Waals surface area contributed by atoms with Crippen molar-refractivity contribution in [3.05, 3.63) is 0 Å². The van der Waals surface area contributed by atoms with Crippen LogP contribution in [0.25, 0.3) is 0 Å². The van der Waals surface area contributed by atoms with E-state index >= 15 is 0 Å². The van der Waals surface area contributed by atoms with Gasteiger partial charge in [-0.2, -0.15) is 11.8 Å². The number of rotatable bonds is 12. The van der Waals surface area contributed by atoms with E-state index in [1.54, 1.807) is 30.5 Å². The van der Waals surface area contributed by atoms with E-state index in [2.05, 4.69) is 5.32 Å². The quantitative estimate of drug-likeness (QED) is 0.359. The first kappa shape index (κ1) is 24.9. The SMILES string of the molecule is CCOC(=O)[C@H](CSC1CCCC1)NC(C)C(=O)N1CCC[C@H]1C(=O)OCCOC. The molecule has 30 heavy (non-hydrogen) atoms. The number of carbonyl (C=O) groups excluding carboxylic acids is 3. The first-order valence-corrected chi connectivity index (χ1v) is 12.0. The van der Waals surface area contributed by atoms with Crippen LogP contribution in [0, 0.1) is 0 Å². The lowest BCUT2D eigenvalue weighted by Gasteiger charge is -2.28. The van der Waals surface area contributed by atoms with Gasteiger partial charge >= 0.3 is 11.9 Å². The number of thioether (sulfide) groups is 1. The monoisotopic (exact) mass is 444 g/mol. The molecule has 2 fully saturated rings. The third kappa shape index (κ3) is 7.42. The highest BCUT2D eigenvalue weighted by atomic mass is 32.2. The molecule has 1 amide bonds. The number of amides is 1. The zero-order chi connectivity index (χ0) is 21.9. The van der Waals surface area contributed by atoms with Gasteiger partial charge in [0.2, 0.25) is 5.91 Å². The molecule has 172 valence electrons. The first-order chi connectivity index (χ1) is 14.5. The van der Waals surface area contributed by atoms with Crippen LogP contribution in [0.3, 0.4) is 0 Å². The molecule has 2 rings (SSSR count). The second-order valence-electron chi connectivity index (χ2n) is 7.78. The minimum atomic E-state index is -0.601. The number of nitrogens with zero attached hydrogens (tertiary/aromatic N) is 1. The maximum atomic E-state index is 13.0. The Kier molecular flexibility index (Phi) is 11.0. The van der Waals surface area contributed by atoms with Gasteiger partial charge in [0.15, 0.2) is 0 Å². The van der Waals surface area contributed by atoms with Crippen molar-refractivity contribution in [2.24, 2.45) is 0 Å². The van der Waals surface area contributed by atoms with Crippen molar-refractivity contribution in [2.75, 3.05) is 39.2 Å². The standard InChI is InChI=1S/C21H36N2O6S/c1-4-28-20(25)17(14-30-16-8-5-6-9-16)22-15(2)19(24)23-11-7-10-18(23)21(26)29-13-12-27-3/h15-18,22H,4-14H2,1-3H3/t15?,17-,18-/m0/s1. The van der Waals surface area contributed by atoms with E-state index in [0.29, 0.717) is 37.2 Å². The molecule has 0 aromatic carbocycles. The van der Waals surface area contributed by atoms with Gasteiger partial charge in [-0.1, -0.05) is 12.8 Å². The van der Waals surface area contributed by atoms with Crippen LogP contribution in [0.1, 0.15) is 52.4 Å². The average Bonchev–Trinajstić information content (AvgIpc) is 3.42. The number of hydrogen-bond donors (Lipinski definition) is 1. The second kappa shape index (κ2) is 13.2. The Bertz CT molecular complexity index is 570. The summed E-state index contributed by atoms with van der Waals surface area (Å²) < 4.78 is 15.3. The van der Waals surface area contributed by atoms with Gasteiger partial charge in [-0.05, 0) is 39.5 Å². The van der Waals surface area contributed by atoms with E-state index in [1.165, 1.54) is 32.8 Å². The lowest BCUT2D eigenvalue weighted by molar-refractivity contribution is -0.155. The average molecular weight is 445 g/mol. The second-order valence-corrected chi connectivity index (χ2v) is 9.12. The summed E-state index contributed by atoms with van der Waals surface area (Å²) in [6.07, 6.45) is 6.16. The van der Waals surface area contributed by atoms with E-state index in [4.69, 9.17) is 14.2 Å². The molecule has 1 saturated carbocycles. The zero-order valence-electron chi connectivity index (χ0n) is 18.4. The predicted molar refractivity (Wildman–Crippen MR) is 115 cm³/mol. The molecule has 0 radical (unpaired) electrons. The lowest BCUT2D eigenvalue weighted by Crippen LogP contribution is -2.54. The molecule has 1 aliphatic heterocycles. The molecule has 1 saturated heterocycles. The van der Waals surface area contributed by atoms with E-state index in [9.17, 15) is 14.4 Å². The molecule has 1 unspecified atom stereocenters. The van der Waals surface area contributed by atoms with Crippen LogP contribution in [0.2, 0.25) is 0 Å². The number of esters is 2. The molecule has 3 atom stereocenters. The summed E-state index contributed by atoms with van der Waals surface area (Å²) in [6.45, 7) is 4.82. The summed E-state index contributed by atoms with van der Waals surface area (Å²) >= 11 is 1.77. The fourth-order valence-electron chi connectivity index (χ4n) is 3.93. The van der Waals surface area contributed by atoms with Crippen LogP contribution in [0.5, 0.6) is 0 Å². The van der Waals surface area contributed by atoms with Gasteiger partial charge in [0.05, 0.1) is 19.3 Å². The number of methoxy groups -OCH3 is 1. The first-order valence-electron chi connectivity index (χ1n) is 11.0. The third-order valence-electron chi connectivity index (χ3n) is 5.53. The molecular formula is C21H36N2O6S. The van der Waals surface area contributed by atoms with Gasteiger partial charge < -0.3 is 19.1 Å². The molecule has 0 aromatic rings. The van der Waals surface area contributed by atoms with Gasteiger partial charge in [0, 0.05) is 24.7 Å². The maximum absolute atomic E-state index is 13.0. The maximum Gasteiger partial charge on any atom is 0.328 e. The third-order valence-corrected chi connectivity index (χ3v) is 7.00. The number of nitrogens with one attached hydrogen (secondary N) is 1. The molecule has 2 aliphatic rings. The number of ether oxygens (including phenoxy) is 3. The van der Waals surface area contributed by atoms with Crippen LogP contribution in [-0.2, 0) is 28.6 Å². The molecule has 1 N–H and O–H groups in total. The van der Waals surface area contributed by atoms with E-state index < -0.39 is 24.1 Å². The molecule has 9 heteroatoms. The Balaban J connectivity index is 1.93. The van der Waals surface area contributed by atoms with Crippen molar-refractivity contribution in [1.29, 1.82) is 0 Å². The predicted octanol–water partition coefficient (Wildman–Crippen LogP) is 1.75. The highest BCUT2D eigenvalue weighted by molar-refractivity contribution is 8.00. The highest BCUT2D eigenvalue weighted by Crippen LogP contribution is 2.30. The number of likely N-dealkylation sites (tertiary alicyclic amines) is 1. The minimum Gasteiger partial charge on any atom is -0.465 e. The van der Waals surface area contributed by atoms with Gasteiger partial charge in [0.1, 0.15) is 18.7 Å². The van der Waals surface area contributed by atoms with Gasteiger partial charge in [-0.25, -0.2) is 4.79 Å². The lowest BCUT2D eigenvalue weighted by atomic mass is 10.2. The van der Waals surface area contributed by atoms with Crippen LogP contribution in [0.15, 0.2) is 0 Å². The zero-order valence-corrected chi connectivity index (χ0v) is 19.2. The highest BCUT2D eigenvalue weighted by Gasteiger charge is 2.38. The summed E-state index contributed by atoms with van der Waals surface area (Å²) in [4.78, 5) is 39.4. The molecule has 1 aliphatic carbocycles. The summed E-state index contributed by atoms with van der Waals surface area (Å²) in [5.41, 5.74) is 0. The van der Waals surface area contributed by atoms with E-state index in [1.807, 2.05) is 0 Å². The topological polar surface area (TPSA) is 94.2 Å². The van der Waals surface area contributed by atoms with Crippen molar-refractivity contribution >= 4 is 29.6 Å². The fourth-order valence-corrected chi connectivity index (χ4v) is 5.30. The summed E-state index contributed by atoms with van der Waals surface area (Å²) in [5, 5.41) is 3.72. The molecule has 0 spiro atoms. The molecule has 0 bridgehead atoms. The summed E-state index contributed by atoms with van der Waals surface area (Å²) in [7, 11) is 1.54. The van der Waals surface area contributed by atoms with E-state index in [-0.39, 0.29) is 18.5 Å². The van der Waals surface area contributed by atoms with Crippen molar-refractivity contribution in [1.82, 2.24) is 10.2 Å². The van der Waals surface area contributed by atoms with Gasteiger partial charge in [-0.3, -0.25) is 14.9 Å². The van der Waals surface area contributed by atoms with Crippen LogP contribution in [-0.4, -0.2) is 85.3 Å². The van der Waals surface area contributed by atoms with Crippen molar-refractivity contribution < 1.29 is 28.6 Å². The normalized spacial score (nSPS) is 21.4. The molecule has 1 heterocycles. The summed E-state index contributed by atoms with van der Waals surface area (Å²) in [5.74, 6) is -0.353. The van der Waals surface area contributed by atoms with Gasteiger partial charge in [-0.15, -0.1) is 0 Å². The number of carbonyl (C=O) groups is 3. The Labute approximate surface area is 183 Å². The Morgan fingerprint density at radius 1 is 1.10 bits per heavy atom.